The molecule has 0 aromatic carbocycles. The molecule has 1 atom stereocenters. The second-order valence-electron chi connectivity index (χ2n) is 4.47. The van der Waals surface area contributed by atoms with E-state index in [1.807, 2.05) is 0 Å². The highest BCUT2D eigenvalue weighted by molar-refractivity contribution is 6.32. The van der Waals surface area contributed by atoms with Gasteiger partial charge in [-0.1, -0.05) is 11.6 Å². The first-order valence-electron chi connectivity index (χ1n) is 6.17. The molecule has 0 fully saturated rings. The lowest BCUT2D eigenvalue weighted by atomic mass is 10.0. The van der Waals surface area contributed by atoms with E-state index < -0.39 is 17.4 Å². The average Bonchev–Trinajstić information content (AvgIpc) is 2.41. The molecular weight excluding hydrogens is 300 g/mol. The molecule has 116 valence electrons. The molecule has 0 aliphatic heterocycles. The van der Waals surface area contributed by atoms with E-state index in [4.69, 9.17) is 21.1 Å². The van der Waals surface area contributed by atoms with Crippen LogP contribution >= 0.6 is 11.6 Å². The van der Waals surface area contributed by atoms with Gasteiger partial charge in [0.1, 0.15) is 5.02 Å². The summed E-state index contributed by atoms with van der Waals surface area (Å²) < 4.78 is 9.98. The molecule has 1 unspecified atom stereocenters. The molecular formula is C13H17ClN2O5. The predicted molar refractivity (Wildman–Crippen MR) is 75.8 cm³/mol. The van der Waals surface area contributed by atoms with E-state index in [9.17, 15) is 14.7 Å². The van der Waals surface area contributed by atoms with Crippen molar-refractivity contribution in [3.8, 4) is 5.88 Å². The van der Waals surface area contributed by atoms with Crippen molar-refractivity contribution >= 4 is 23.5 Å². The SMILES string of the molecule is CCOc1ncc(C(=O)NC(C)(COC)C(=O)O)cc1Cl. The standard InChI is InChI=1S/C13H17ClN2O5/c1-4-21-11-9(14)5-8(6-15-11)10(17)16-13(2,7-20-3)12(18)19/h5-6H,4,7H2,1-3H3,(H,16,17)(H,18,19). The summed E-state index contributed by atoms with van der Waals surface area (Å²) in [6.45, 7) is 3.34. The van der Waals surface area contributed by atoms with E-state index in [-0.39, 0.29) is 23.1 Å². The minimum absolute atomic E-state index is 0.132. The van der Waals surface area contributed by atoms with Gasteiger partial charge in [-0.2, -0.15) is 0 Å². The molecule has 8 heteroatoms. The summed E-state index contributed by atoms with van der Waals surface area (Å²) in [5.41, 5.74) is -1.41. The second kappa shape index (κ2) is 7.24. The number of nitrogens with one attached hydrogen (secondary N) is 1. The number of pyridine rings is 1. The van der Waals surface area contributed by atoms with Crippen molar-refractivity contribution in [2.24, 2.45) is 0 Å². The highest BCUT2D eigenvalue weighted by Gasteiger charge is 2.35. The topological polar surface area (TPSA) is 97.8 Å². The second-order valence-corrected chi connectivity index (χ2v) is 4.88. The zero-order valence-electron chi connectivity index (χ0n) is 12.0. The number of hydrogen-bond donors (Lipinski definition) is 2. The number of halogens is 1. The van der Waals surface area contributed by atoms with Gasteiger partial charge in [0.15, 0.2) is 5.54 Å². The number of aromatic nitrogens is 1. The molecule has 0 saturated carbocycles. The minimum atomic E-state index is -1.54. The van der Waals surface area contributed by atoms with Gasteiger partial charge in [-0.3, -0.25) is 4.79 Å². The Morgan fingerprint density at radius 2 is 2.19 bits per heavy atom. The van der Waals surface area contributed by atoms with Gasteiger partial charge >= 0.3 is 5.97 Å². The summed E-state index contributed by atoms with van der Waals surface area (Å²) in [5, 5.41) is 11.7. The first-order valence-corrected chi connectivity index (χ1v) is 6.55. The van der Waals surface area contributed by atoms with Crippen LogP contribution in [0.4, 0.5) is 0 Å². The Morgan fingerprint density at radius 3 is 2.67 bits per heavy atom. The molecule has 0 bridgehead atoms. The van der Waals surface area contributed by atoms with Crippen LogP contribution in [0.15, 0.2) is 12.3 Å². The zero-order valence-corrected chi connectivity index (χ0v) is 12.7. The molecule has 1 rings (SSSR count). The summed E-state index contributed by atoms with van der Waals surface area (Å²) in [5.74, 6) is -1.61. The van der Waals surface area contributed by atoms with E-state index in [0.717, 1.165) is 0 Å². The van der Waals surface area contributed by atoms with Crippen molar-refractivity contribution in [1.29, 1.82) is 0 Å². The van der Waals surface area contributed by atoms with Crippen LogP contribution in [-0.2, 0) is 9.53 Å². The maximum atomic E-state index is 12.1. The summed E-state index contributed by atoms with van der Waals surface area (Å²) in [6.07, 6.45) is 1.27. The number of rotatable bonds is 7. The Kier molecular flexibility index (Phi) is 5.92. The monoisotopic (exact) mass is 316 g/mol. The van der Waals surface area contributed by atoms with Gasteiger partial charge in [-0.25, -0.2) is 9.78 Å². The van der Waals surface area contributed by atoms with Gasteiger partial charge in [-0.05, 0) is 19.9 Å². The van der Waals surface area contributed by atoms with Crippen LogP contribution in [-0.4, -0.2) is 47.8 Å². The summed E-state index contributed by atoms with van der Waals surface area (Å²) in [7, 11) is 1.35. The smallest absolute Gasteiger partial charge is 0.331 e. The Morgan fingerprint density at radius 1 is 1.52 bits per heavy atom. The minimum Gasteiger partial charge on any atom is -0.479 e. The number of methoxy groups -OCH3 is 1. The van der Waals surface area contributed by atoms with E-state index in [0.29, 0.717) is 6.61 Å². The molecule has 2 N–H and O–H groups in total. The fourth-order valence-corrected chi connectivity index (χ4v) is 1.78. The number of carboxylic acids is 1. The number of nitrogens with zero attached hydrogens (tertiary/aromatic N) is 1. The number of carboxylic acid groups (broad SMARTS) is 1. The first kappa shape index (κ1) is 17.2. The van der Waals surface area contributed by atoms with Crippen molar-refractivity contribution in [1.82, 2.24) is 10.3 Å². The molecule has 1 aromatic heterocycles. The predicted octanol–water partition coefficient (Wildman–Crippen LogP) is 1.35. The van der Waals surface area contributed by atoms with Crippen molar-refractivity contribution in [2.75, 3.05) is 20.3 Å². The number of carbonyl (C=O) groups is 2. The van der Waals surface area contributed by atoms with Crippen LogP contribution in [0.25, 0.3) is 0 Å². The first-order chi connectivity index (χ1) is 9.84. The molecule has 0 aliphatic carbocycles. The normalized spacial score (nSPS) is 13.3. The molecule has 1 aromatic rings. The molecule has 1 heterocycles. The summed E-state index contributed by atoms with van der Waals surface area (Å²) in [4.78, 5) is 27.2. The number of ether oxygens (including phenoxy) is 2. The quantitative estimate of drug-likeness (QED) is 0.788. The average molecular weight is 317 g/mol. The van der Waals surface area contributed by atoms with E-state index in [1.165, 1.54) is 26.3 Å². The van der Waals surface area contributed by atoms with Crippen molar-refractivity contribution < 1.29 is 24.2 Å². The Balaban J connectivity index is 2.93. The lowest BCUT2D eigenvalue weighted by Gasteiger charge is -2.25. The summed E-state index contributed by atoms with van der Waals surface area (Å²) in [6, 6.07) is 1.37. The molecule has 1 amide bonds. The molecule has 0 saturated heterocycles. The Labute approximate surface area is 127 Å². The molecule has 21 heavy (non-hydrogen) atoms. The fourth-order valence-electron chi connectivity index (χ4n) is 1.56. The van der Waals surface area contributed by atoms with Crippen molar-refractivity contribution in [3.05, 3.63) is 22.8 Å². The number of hydrogen-bond acceptors (Lipinski definition) is 5. The van der Waals surface area contributed by atoms with Gasteiger partial charge in [0.2, 0.25) is 5.88 Å². The van der Waals surface area contributed by atoms with Gasteiger partial charge in [0, 0.05) is 13.3 Å². The van der Waals surface area contributed by atoms with Crippen LogP contribution in [0, 0.1) is 0 Å². The van der Waals surface area contributed by atoms with Crippen LogP contribution in [0.1, 0.15) is 24.2 Å². The fraction of sp³-hybridized carbons (Fsp3) is 0.462. The van der Waals surface area contributed by atoms with E-state index in [2.05, 4.69) is 10.3 Å². The lowest BCUT2D eigenvalue weighted by molar-refractivity contribution is -0.145. The van der Waals surface area contributed by atoms with E-state index >= 15 is 0 Å². The van der Waals surface area contributed by atoms with Gasteiger partial charge in [-0.15, -0.1) is 0 Å². The number of amides is 1. The van der Waals surface area contributed by atoms with Crippen LogP contribution in [0.5, 0.6) is 5.88 Å². The van der Waals surface area contributed by atoms with Crippen LogP contribution in [0.2, 0.25) is 5.02 Å². The number of carbonyl (C=O) groups excluding carboxylic acids is 1. The van der Waals surface area contributed by atoms with Crippen LogP contribution < -0.4 is 10.1 Å². The number of aliphatic carboxylic acids is 1. The zero-order chi connectivity index (χ0) is 16.0. The van der Waals surface area contributed by atoms with Gasteiger partial charge in [0.05, 0.1) is 18.8 Å². The van der Waals surface area contributed by atoms with Gasteiger partial charge < -0.3 is 19.9 Å². The highest BCUT2D eigenvalue weighted by Crippen LogP contribution is 2.22. The molecule has 7 nitrogen and oxygen atoms in total. The highest BCUT2D eigenvalue weighted by atomic mass is 35.5. The maximum absolute atomic E-state index is 12.1. The van der Waals surface area contributed by atoms with Crippen molar-refractivity contribution in [2.45, 2.75) is 19.4 Å². The largest absolute Gasteiger partial charge is 0.479 e. The maximum Gasteiger partial charge on any atom is 0.331 e. The third kappa shape index (κ3) is 4.30. The van der Waals surface area contributed by atoms with Crippen LogP contribution in [0.3, 0.4) is 0 Å². The molecule has 0 radical (unpaired) electrons. The summed E-state index contributed by atoms with van der Waals surface area (Å²) >= 11 is 5.94. The lowest BCUT2D eigenvalue weighted by Crippen LogP contribution is -2.55. The third-order valence-electron chi connectivity index (χ3n) is 2.65. The van der Waals surface area contributed by atoms with Crippen molar-refractivity contribution in [3.63, 3.8) is 0 Å². The third-order valence-corrected chi connectivity index (χ3v) is 2.92. The Bertz CT molecular complexity index is 537. The van der Waals surface area contributed by atoms with E-state index in [1.54, 1.807) is 6.92 Å². The Hall–Kier alpha value is -1.86. The molecule has 0 spiro atoms. The molecule has 0 aliphatic rings. The van der Waals surface area contributed by atoms with Gasteiger partial charge in [0.25, 0.3) is 5.91 Å².